The number of urea groups is 1. The van der Waals surface area contributed by atoms with Gasteiger partial charge in [0, 0.05) is 9.90 Å². The largest absolute Gasteiger partial charge is 0.335 e. The number of nitrogens with zero attached hydrogens (tertiary/aromatic N) is 1. The molecule has 0 radical (unpaired) electrons. The molecule has 1 aliphatic heterocycles. The second-order valence-electron chi connectivity index (χ2n) is 5.31. The van der Waals surface area contributed by atoms with E-state index >= 15 is 0 Å². The molecule has 1 aromatic heterocycles. The van der Waals surface area contributed by atoms with Crippen LogP contribution in [0.4, 0.5) is 10.5 Å². The van der Waals surface area contributed by atoms with E-state index in [2.05, 4.69) is 5.32 Å². The van der Waals surface area contributed by atoms with E-state index in [-0.39, 0.29) is 5.57 Å². The number of thiophene rings is 1. The number of halogens is 1. The zero-order valence-corrected chi connectivity index (χ0v) is 14.5. The van der Waals surface area contributed by atoms with Crippen molar-refractivity contribution in [2.75, 3.05) is 4.90 Å². The molecule has 0 saturated carbocycles. The average Bonchev–Trinajstić information content (AvgIpc) is 2.93. The van der Waals surface area contributed by atoms with Crippen molar-refractivity contribution in [1.29, 1.82) is 0 Å². The Labute approximate surface area is 147 Å². The van der Waals surface area contributed by atoms with Gasteiger partial charge in [-0.15, -0.1) is 11.3 Å². The van der Waals surface area contributed by atoms with Crippen LogP contribution >= 0.6 is 22.9 Å². The first-order chi connectivity index (χ1) is 11.4. The van der Waals surface area contributed by atoms with Crippen LogP contribution in [0.2, 0.25) is 5.02 Å². The highest BCUT2D eigenvalue weighted by atomic mass is 35.5. The lowest BCUT2D eigenvalue weighted by atomic mass is 10.1. The Morgan fingerprint density at radius 2 is 1.92 bits per heavy atom. The van der Waals surface area contributed by atoms with Gasteiger partial charge in [-0.2, -0.15) is 0 Å². The van der Waals surface area contributed by atoms with Crippen LogP contribution in [0.25, 0.3) is 6.08 Å². The van der Waals surface area contributed by atoms with E-state index in [9.17, 15) is 14.4 Å². The first kappa shape index (κ1) is 16.4. The van der Waals surface area contributed by atoms with Crippen LogP contribution in [0.15, 0.2) is 35.2 Å². The molecule has 0 spiro atoms. The molecule has 1 aromatic carbocycles. The summed E-state index contributed by atoms with van der Waals surface area (Å²) >= 11 is 7.50. The van der Waals surface area contributed by atoms with Gasteiger partial charge in [-0.3, -0.25) is 14.9 Å². The first-order valence-corrected chi connectivity index (χ1v) is 8.36. The van der Waals surface area contributed by atoms with Gasteiger partial charge in [0.05, 0.1) is 5.69 Å². The Bertz CT molecular complexity index is 901. The molecule has 0 aliphatic carbocycles. The van der Waals surface area contributed by atoms with Crippen LogP contribution in [0.3, 0.4) is 0 Å². The van der Waals surface area contributed by atoms with E-state index in [1.807, 2.05) is 18.4 Å². The van der Waals surface area contributed by atoms with Crippen molar-refractivity contribution in [2.24, 2.45) is 0 Å². The lowest BCUT2D eigenvalue weighted by Crippen LogP contribution is -2.54. The highest BCUT2D eigenvalue weighted by Gasteiger charge is 2.37. The molecule has 1 fully saturated rings. The number of rotatable bonds is 2. The van der Waals surface area contributed by atoms with Gasteiger partial charge >= 0.3 is 6.03 Å². The van der Waals surface area contributed by atoms with Crippen molar-refractivity contribution in [2.45, 2.75) is 13.8 Å². The smallest absolute Gasteiger partial charge is 0.273 e. The second kappa shape index (κ2) is 6.22. The van der Waals surface area contributed by atoms with Crippen molar-refractivity contribution in [3.05, 3.63) is 56.2 Å². The summed E-state index contributed by atoms with van der Waals surface area (Å²) in [5.41, 5.74) is 1.81. The van der Waals surface area contributed by atoms with Gasteiger partial charge < -0.3 is 0 Å². The summed E-state index contributed by atoms with van der Waals surface area (Å²) in [6, 6.07) is 6.04. The molecule has 1 saturated heterocycles. The SMILES string of the molecule is Cc1ccsc1/C=C1\C(=O)NC(=O)N(c2cccc(Cl)c2C)C1=O. The summed E-state index contributed by atoms with van der Waals surface area (Å²) < 4.78 is 0. The number of hydrogen-bond acceptors (Lipinski definition) is 4. The average molecular weight is 361 g/mol. The molecular weight excluding hydrogens is 348 g/mol. The Morgan fingerprint density at radius 1 is 1.17 bits per heavy atom. The molecule has 122 valence electrons. The highest BCUT2D eigenvalue weighted by molar-refractivity contribution is 7.11. The zero-order chi connectivity index (χ0) is 17.4. The number of aryl methyl sites for hydroxylation is 1. The molecular formula is C17H13ClN2O3S. The van der Waals surface area contributed by atoms with E-state index in [4.69, 9.17) is 11.6 Å². The fourth-order valence-corrected chi connectivity index (χ4v) is 3.41. The van der Waals surface area contributed by atoms with Gasteiger partial charge in [-0.05, 0) is 54.6 Å². The molecule has 5 nitrogen and oxygen atoms in total. The normalized spacial score (nSPS) is 16.7. The van der Waals surface area contributed by atoms with Crippen LogP contribution in [0.1, 0.15) is 16.0 Å². The Balaban J connectivity index is 2.09. The standard InChI is InChI=1S/C17H13ClN2O3S/c1-9-6-7-24-14(9)8-11-15(21)19-17(23)20(16(11)22)13-5-3-4-12(18)10(13)2/h3-8H,1-2H3,(H,19,21,23)/b11-8+. The fraction of sp³-hybridized carbons (Fsp3) is 0.118. The quantitative estimate of drug-likeness (QED) is 0.656. The fourth-order valence-electron chi connectivity index (χ4n) is 2.38. The summed E-state index contributed by atoms with van der Waals surface area (Å²) in [4.78, 5) is 38.8. The van der Waals surface area contributed by atoms with E-state index in [1.165, 1.54) is 17.4 Å². The highest BCUT2D eigenvalue weighted by Crippen LogP contribution is 2.30. The molecule has 0 atom stereocenters. The van der Waals surface area contributed by atoms with Crippen LogP contribution in [0.5, 0.6) is 0 Å². The maximum atomic E-state index is 12.8. The Hall–Kier alpha value is -2.44. The molecule has 4 amide bonds. The Kier molecular flexibility index (Phi) is 4.26. The third-order valence-electron chi connectivity index (χ3n) is 3.76. The Morgan fingerprint density at radius 3 is 2.58 bits per heavy atom. The van der Waals surface area contributed by atoms with E-state index in [0.29, 0.717) is 16.3 Å². The van der Waals surface area contributed by atoms with Gasteiger partial charge in [0.15, 0.2) is 0 Å². The number of barbiturate groups is 1. The van der Waals surface area contributed by atoms with Crippen molar-refractivity contribution in [3.63, 3.8) is 0 Å². The third-order valence-corrected chi connectivity index (χ3v) is 5.13. The maximum Gasteiger partial charge on any atom is 0.335 e. The summed E-state index contributed by atoms with van der Waals surface area (Å²) in [5, 5.41) is 4.51. The second-order valence-corrected chi connectivity index (χ2v) is 6.66. The van der Waals surface area contributed by atoms with Gasteiger partial charge in [-0.1, -0.05) is 17.7 Å². The van der Waals surface area contributed by atoms with Crippen LogP contribution in [-0.2, 0) is 9.59 Å². The number of benzene rings is 1. The number of amides is 4. The molecule has 3 rings (SSSR count). The number of imide groups is 2. The van der Waals surface area contributed by atoms with Crippen molar-refractivity contribution < 1.29 is 14.4 Å². The maximum absolute atomic E-state index is 12.8. The van der Waals surface area contributed by atoms with Gasteiger partial charge in [0.2, 0.25) is 0 Å². The molecule has 0 bridgehead atoms. The molecule has 24 heavy (non-hydrogen) atoms. The van der Waals surface area contributed by atoms with E-state index in [0.717, 1.165) is 15.3 Å². The van der Waals surface area contributed by atoms with Gasteiger partial charge in [-0.25, -0.2) is 9.69 Å². The van der Waals surface area contributed by atoms with Gasteiger partial charge in [0.25, 0.3) is 11.8 Å². The van der Waals surface area contributed by atoms with Gasteiger partial charge in [0.1, 0.15) is 5.57 Å². The molecule has 2 heterocycles. The zero-order valence-electron chi connectivity index (χ0n) is 12.9. The molecule has 1 aliphatic rings. The third kappa shape index (κ3) is 2.74. The number of nitrogens with one attached hydrogen (secondary N) is 1. The monoisotopic (exact) mass is 360 g/mol. The number of carbonyl (C=O) groups excluding carboxylic acids is 3. The van der Waals surface area contributed by atoms with Crippen molar-refractivity contribution in [3.8, 4) is 0 Å². The summed E-state index contributed by atoms with van der Waals surface area (Å²) in [6.07, 6.45) is 1.51. The molecule has 1 N–H and O–H groups in total. The van der Waals surface area contributed by atoms with Crippen molar-refractivity contribution in [1.82, 2.24) is 5.32 Å². The van der Waals surface area contributed by atoms with Crippen molar-refractivity contribution >= 4 is 52.5 Å². The number of carbonyl (C=O) groups is 3. The molecule has 7 heteroatoms. The van der Waals surface area contributed by atoms with Crippen LogP contribution < -0.4 is 10.2 Å². The predicted molar refractivity (Wildman–Crippen MR) is 94.2 cm³/mol. The van der Waals surface area contributed by atoms with E-state index < -0.39 is 17.8 Å². The summed E-state index contributed by atoms with van der Waals surface area (Å²) in [7, 11) is 0. The number of anilines is 1. The van der Waals surface area contributed by atoms with E-state index in [1.54, 1.807) is 25.1 Å². The minimum absolute atomic E-state index is 0.0838. The summed E-state index contributed by atoms with van der Waals surface area (Å²) in [5.74, 6) is -1.37. The first-order valence-electron chi connectivity index (χ1n) is 7.11. The molecule has 2 aromatic rings. The lowest BCUT2D eigenvalue weighted by Gasteiger charge is -2.27. The number of hydrogen-bond donors (Lipinski definition) is 1. The minimum atomic E-state index is -0.782. The molecule has 0 unspecified atom stereocenters. The predicted octanol–water partition coefficient (Wildman–Crippen LogP) is 3.68. The van der Waals surface area contributed by atoms with Crippen LogP contribution in [0, 0.1) is 13.8 Å². The van der Waals surface area contributed by atoms with Crippen LogP contribution in [-0.4, -0.2) is 17.8 Å². The lowest BCUT2D eigenvalue weighted by molar-refractivity contribution is -0.122. The summed E-state index contributed by atoms with van der Waals surface area (Å²) in [6.45, 7) is 3.60. The minimum Gasteiger partial charge on any atom is -0.273 e. The topological polar surface area (TPSA) is 66.5 Å².